The number of unbranched alkanes of at least 4 members (excludes halogenated alkanes) is 1. The van der Waals surface area contributed by atoms with Gasteiger partial charge in [0, 0.05) is 11.8 Å². The van der Waals surface area contributed by atoms with E-state index in [0.717, 1.165) is 34.9 Å². The van der Waals surface area contributed by atoms with Gasteiger partial charge in [-0.3, -0.25) is 10.1 Å². The number of ether oxygens (including phenoxy) is 2. The number of methoxy groups -OCH3 is 1. The van der Waals surface area contributed by atoms with Gasteiger partial charge in [0.15, 0.2) is 15.8 Å². The van der Waals surface area contributed by atoms with Gasteiger partial charge in [-0.05, 0) is 36.6 Å². The minimum Gasteiger partial charge on any atom is -0.493 e. The van der Waals surface area contributed by atoms with Crippen LogP contribution in [-0.4, -0.2) is 35.6 Å². The number of amides is 1. The normalized spacial score (nSPS) is 10.9. The summed E-state index contributed by atoms with van der Waals surface area (Å²) in [7, 11) is 1.60. The molecule has 2 aromatic rings. The predicted octanol–water partition coefficient (Wildman–Crippen LogP) is 4.88. The molecule has 0 saturated heterocycles. The highest BCUT2D eigenvalue weighted by molar-refractivity contribution is 8.01. The molecule has 0 spiro atoms. The molecule has 0 saturated carbocycles. The van der Waals surface area contributed by atoms with E-state index in [-0.39, 0.29) is 5.91 Å². The van der Waals surface area contributed by atoms with Crippen molar-refractivity contribution in [1.29, 1.82) is 0 Å². The number of hydrogen-bond donors (Lipinski definition) is 1. The number of nitrogens with one attached hydrogen (secondary N) is 1. The molecule has 1 amide bonds. The summed E-state index contributed by atoms with van der Waals surface area (Å²) in [4.78, 5) is 12.1. The lowest BCUT2D eigenvalue weighted by Crippen LogP contribution is -2.07. The van der Waals surface area contributed by atoms with E-state index in [9.17, 15) is 4.79 Å². The van der Waals surface area contributed by atoms with Crippen molar-refractivity contribution in [3.05, 3.63) is 29.8 Å². The molecule has 1 N–H and O–H groups in total. The van der Waals surface area contributed by atoms with Crippen molar-refractivity contribution in [2.24, 2.45) is 0 Å². The van der Waals surface area contributed by atoms with Crippen LogP contribution in [0.4, 0.5) is 5.13 Å². The Morgan fingerprint density at radius 3 is 2.85 bits per heavy atom. The number of aromatic nitrogens is 2. The number of thioether (sulfide) groups is 1. The second kappa shape index (κ2) is 11.6. The molecular formula is C19H25N3O3S2. The van der Waals surface area contributed by atoms with E-state index in [1.807, 2.05) is 25.1 Å². The van der Waals surface area contributed by atoms with Crippen LogP contribution in [0.3, 0.4) is 0 Å². The third kappa shape index (κ3) is 7.22. The molecule has 0 radical (unpaired) electrons. The summed E-state index contributed by atoms with van der Waals surface area (Å²) in [5.74, 6) is 2.10. The molecule has 0 fully saturated rings. The number of rotatable bonds is 11. The molecule has 2 rings (SSSR count). The molecule has 1 aromatic carbocycles. The number of anilines is 1. The van der Waals surface area contributed by atoms with E-state index in [1.165, 1.54) is 17.4 Å². The molecule has 6 nitrogen and oxygen atoms in total. The maximum Gasteiger partial charge on any atom is 0.250 e. The summed E-state index contributed by atoms with van der Waals surface area (Å²) < 4.78 is 11.9. The fourth-order valence-electron chi connectivity index (χ4n) is 2.06. The van der Waals surface area contributed by atoms with Gasteiger partial charge in [0.05, 0.1) is 13.7 Å². The third-order valence-corrected chi connectivity index (χ3v) is 5.49. The first-order valence-corrected chi connectivity index (χ1v) is 10.7. The first-order chi connectivity index (χ1) is 13.2. The second-order valence-electron chi connectivity index (χ2n) is 5.66. The van der Waals surface area contributed by atoms with Crippen LogP contribution in [-0.2, 0) is 4.79 Å². The van der Waals surface area contributed by atoms with Crippen molar-refractivity contribution in [3.63, 3.8) is 0 Å². The SMILES string of the molecule is CCCCSc1nnc(NC(=O)/C=C/c2ccc(OCCC)c(OC)c2)s1. The molecular weight excluding hydrogens is 382 g/mol. The van der Waals surface area contributed by atoms with Gasteiger partial charge in [0.1, 0.15) is 0 Å². The van der Waals surface area contributed by atoms with Crippen LogP contribution >= 0.6 is 23.1 Å². The van der Waals surface area contributed by atoms with Crippen LogP contribution in [0.1, 0.15) is 38.7 Å². The minimum atomic E-state index is -0.249. The highest BCUT2D eigenvalue weighted by atomic mass is 32.2. The molecule has 8 heteroatoms. The number of carbonyl (C=O) groups is 1. The van der Waals surface area contributed by atoms with Gasteiger partial charge in [0.25, 0.3) is 0 Å². The smallest absolute Gasteiger partial charge is 0.250 e. The van der Waals surface area contributed by atoms with Gasteiger partial charge < -0.3 is 9.47 Å². The molecule has 1 heterocycles. The Labute approximate surface area is 168 Å². The van der Waals surface area contributed by atoms with Crippen molar-refractivity contribution in [2.45, 2.75) is 37.4 Å². The van der Waals surface area contributed by atoms with Gasteiger partial charge in [-0.25, -0.2) is 0 Å². The molecule has 1 aromatic heterocycles. The monoisotopic (exact) mass is 407 g/mol. The van der Waals surface area contributed by atoms with Gasteiger partial charge in [-0.15, -0.1) is 10.2 Å². The Bertz CT molecular complexity index is 762. The zero-order valence-corrected chi connectivity index (χ0v) is 17.5. The lowest BCUT2D eigenvalue weighted by Gasteiger charge is -2.10. The van der Waals surface area contributed by atoms with Crippen molar-refractivity contribution < 1.29 is 14.3 Å². The zero-order chi connectivity index (χ0) is 19.5. The molecule has 0 atom stereocenters. The zero-order valence-electron chi connectivity index (χ0n) is 15.9. The van der Waals surface area contributed by atoms with Gasteiger partial charge in [0.2, 0.25) is 11.0 Å². The summed E-state index contributed by atoms with van der Waals surface area (Å²) in [6, 6.07) is 5.56. The van der Waals surface area contributed by atoms with E-state index >= 15 is 0 Å². The lowest BCUT2D eigenvalue weighted by molar-refractivity contribution is -0.111. The first-order valence-electron chi connectivity index (χ1n) is 8.92. The van der Waals surface area contributed by atoms with Crippen LogP contribution in [0, 0.1) is 0 Å². The number of hydrogen-bond acceptors (Lipinski definition) is 7. The number of carbonyl (C=O) groups excluding carboxylic acids is 1. The topological polar surface area (TPSA) is 73.3 Å². The van der Waals surface area contributed by atoms with E-state index in [4.69, 9.17) is 9.47 Å². The quantitative estimate of drug-likeness (QED) is 0.248. The first kappa shape index (κ1) is 21.2. The Morgan fingerprint density at radius 1 is 1.26 bits per heavy atom. The fourth-order valence-corrected chi connectivity index (χ4v) is 3.97. The van der Waals surface area contributed by atoms with E-state index in [1.54, 1.807) is 24.9 Å². The Morgan fingerprint density at radius 2 is 2.11 bits per heavy atom. The standard InChI is InChI=1S/C19H25N3O3S2/c1-4-6-12-26-19-22-21-18(27-19)20-17(23)10-8-14-7-9-15(25-11-5-2)16(13-14)24-3/h7-10,13H,4-6,11-12H2,1-3H3,(H,20,21,23)/b10-8+. The van der Waals surface area contributed by atoms with Crippen molar-refractivity contribution in [2.75, 3.05) is 24.8 Å². The summed E-state index contributed by atoms with van der Waals surface area (Å²) in [5, 5.41) is 11.3. The Balaban J connectivity index is 1.92. The van der Waals surface area contributed by atoms with E-state index in [0.29, 0.717) is 23.2 Å². The van der Waals surface area contributed by atoms with E-state index in [2.05, 4.69) is 22.4 Å². The maximum absolute atomic E-state index is 12.1. The molecule has 0 bridgehead atoms. The molecule has 0 aliphatic heterocycles. The fraction of sp³-hybridized carbons (Fsp3) is 0.421. The van der Waals surface area contributed by atoms with Gasteiger partial charge >= 0.3 is 0 Å². The van der Waals surface area contributed by atoms with Crippen LogP contribution in [0.5, 0.6) is 11.5 Å². The molecule has 0 unspecified atom stereocenters. The summed E-state index contributed by atoms with van der Waals surface area (Å²) in [6.07, 6.45) is 6.40. The third-order valence-electron chi connectivity index (χ3n) is 3.44. The summed E-state index contributed by atoms with van der Waals surface area (Å²) in [6.45, 7) is 4.83. The summed E-state index contributed by atoms with van der Waals surface area (Å²) in [5.41, 5.74) is 0.846. The van der Waals surface area contributed by atoms with Gasteiger partial charge in [-0.1, -0.05) is 49.4 Å². The van der Waals surface area contributed by atoms with Crippen LogP contribution < -0.4 is 14.8 Å². The highest BCUT2D eigenvalue weighted by Crippen LogP contribution is 2.29. The Kier molecular flexibility index (Phi) is 9.13. The van der Waals surface area contributed by atoms with Crippen LogP contribution in [0.25, 0.3) is 6.08 Å². The predicted molar refractivity (Wildman–Crippen MR) is 112 cm³/mol. The largest absolute Gasteiger partial charge is 0.493 e. The number of benzene rings is 1. The second-order valence-corrected chi connectivity index (χ2v) is 7.98. The number of nitrogens with zero attached hydrogens (tertiary/aromatic N) is 2. The minimum absolute atomic E-state index is 0.249. The highest BCUT2D eigenvalue weighted by Gasteiger charge is 2.07. The summed E-state index contributed by atoms with van der Waals surface area (Å²) >= 11 is 3.05. The van der Waals surface area contributed by atoms with Crippen molar-refractivity contribution >= 4 is 40.2 Å². The Hall–Kier alpha value is -2.06. The van der Waals surface area contributed by atoms with Crippen LogP contribution in [0.15, 0.2) is 28.6 Å². The van der Waals surface area contributed by atoms with E-state index < -0.39 is 0 Å². The van der Waals surface area contributed by atoms with Gasteiger partial charge in [-0.2, -0.15) is 0 Å². The van der Waals surface area contributed by atoms with Crippen molar-refractivity contribution in [1.82, 2.24) is 10.2 Å². The van der Waals surface area contributed by atoms with Crippen molar-refractivity contribution in [3.8, 4) is 11.5 Å². The molecule has 146 valence electrons. The molecule has 27 heavy (non-hydrogen) atoms. The molecule has 0 aliphatic carbocycles. The maximum atomic E-state index is 12.1. The molecule has 0 aliphatic rings. The average Bonchev–Trinajstić information content (AvgIpc) is 3.12. The lowest BCUT2D eigenvalue weighted by atomic mass is 10.2. The average molecular weight is 408 g/mol. The van der Waals surface area contributed by atoms with Crippen LogP contribution in [0.2, 0.25) is 0 Å².